The molecule has 0 saturated carbocycles. The fourth-order valence-corrected chi connectivity index (χ4v) is 7.47. The summed E-state index contributed by atoms with van der Waals surface area (Å²) in [6, 6.07) is 30.5. The summed E-state index contributed by atoms with van der Waals surface area (Å²) in [5.41, 5.74) is 13.7. The molecule has 1 aliphatic rings. The van der Waals surface area contributed by atoms with E-state index in [0.717, 1.165) is 48.9 Å². The number of hydrogen-bond acceptors (Lipinski definition) is 3. The molecule has 3 nitrogen and oxygen atoms in total. The van der Waals surface area contributed by atoms with Gasteiger partial charge in [0.05, 0.1) is 5.76 Å². The van der Waals surface area contributed by atoms with Crippen molar-refractivity contribution in [2.45, 2.75) is 94.4 Å². The van der Waals surface area contributed by atoms with Gasteiger partial charge in [0.1, 0.15) is 0 Å². The summed E-state index contributed by atoms with van der Waals surface area (Å²) in [6.45, 7) is 19.2. The molecule has 269 valence electrons. The molecule has 4 heteroatoms. The van der Waals surface area contributed by atoms with Crippen LogP contribution in [0.2, 0.25) is 0 Å². The molecule has 6 rings (SSSR count). The van der Waals surface area contributed by atoms with Crippen LogP contribution in [0.1, 0.15) is 90.8 Å². The standard InChI is InChI=1S/C34H30N.C13H24O2.Ir/c1-21-15-22(2)17-24(16-21)33-29-12-8-11-28-27-14-13-23(19-34(3,4)5)18-30(27)25-9-6-7-10-26(25)31(20-35-33)32(28)29;1-5-10(6-2)12(14)9-13(15)11(7-3)8-4;/h6-16,18,20H,19H2,1-5H3;9-11,14H,5-8H2,1-4H3;/q-1;;/b;12-9-;. The van der Waals surface area contributed by atoms with Crippen LogP contribution in [0.3, 0.4) is 0 Å². The maximum Gasteiger partial charge on any atom is 0.162 e. The minimum Gasteiger partial charge on any atom is -0.512 e. The van der Waals surface area contributed by atoms with Gasteiger partial charge in [0.2, 0.25) is 0 Å². The van der Waals surface area contributed by atoms with Gasteiger partial charge in [-0.1, -0.05) is 123 Å². The number of ketones is 1. The quantitative estimate of drug-likeness (QED) is 0.0895. The Morgan fingerprint density at radius 3 is 1.98 bits per heavy atom. The molecule has 5 aromatic rings. The van der Waals surface area contributed by atoms with Gasteiger partial charge in [-0.3, -0.25) is 4.79 Å². The van der Waals surface area contributed by atoms with E-state index >= 15 is 0 Å². The van der Waals surface area contributed by atoms with Crippen molar-refractivity contribution < 1.29 is 30.0 Å². The Balaban J connectivity index is 0.000000312. The fourth-order valence-electron chi connectivity index (χ4n) is 7.47. The van der Waals surface area contributed by atoms with Gasteiger partial charge in [-0.15, -0.1) is 34.9 Å². The van der Waals surface area contributed by atoms with Crippen LogP contribution in [-0.4, -0.2) is 15.9 Å². The summed E-state index contributed by atoms with van der Waals surface area (Å²) in [6.07, 6.45) is 8.03. The second-order valence-electron chi connectivity index (χ2n) is 15.2. The molecule has 0 spiro atoms. The Morgan fingerprint density at radius 1 is 0.765 bits per heavy atom. The number of rotatable bonds is 9. The molecule has 51 heavy (non-hydrogen) atoms. The summed E-state index contributed by atoms with van der Waals surface area (Å²) in [7, 11) is 0. The molecule has 0 fully saturated rings. The molecule has 0 saturated heterocycles. The maximum atomic E-state index is 11.7. The number of nitrogens with zero attached hydrogens (tertiary/aromatic N) is 1. The van der Waals surface area contributed by atoms with Crippen molar-refractivity contribution in [3.05, 3.63) is 114 Å². The molecule has 1 N–H and O–H groups in total. The average molecular weight is 857 g/mol. The van der Waals surface area contributed by atoms with Gasteiger partial charge in [0, 0.05) is 49.8 Å². The first kappa shape index (κ1) is 39.9. The number of fused-ring (bicyclic) bond motifs is 5. The number of aromatic nitrogens is 1. The molecule has 4 aromatic carbocycles. The Labute approximate surface area is 320 Å². The van der Waals surface area contributed by atoms with E-state index in [1.165, 1.54) is 61.4 Å². The van der Waals surface area contributed by atoms with Gasteiger partial charge < -0.3 is 10.1 Å². The SMILES string of the molecule is CCC(CC)C(=O)/C=C(\O)C(CC)CC.Cc1[c-]c(-c2ncc3c4c(cccc24)-c2ccc(CC(C)(C)C)cc2-c2ccccc2-3)cc(C)c1.[Ir]. The van der Waals surface area contributed by atoms with Crippen LogP contribution in [0.5, 0.6) is 0 Å². The van der Waals surface area contributed by atoms with Crippen molar-refractivity contribution in [3.8, 4) is 44.6 Å². The molecular weight excluding hydrogens is 803 g/mol. The Hall–Kier alpha value is -3.85. The zero-order valence-corrected chi connectivity index (χ0v) is 34.3. The summed E-state index contributed by atoms with van der Waals surface area (Å²) in [5.74, 6) is 0.547. The minimum absolute atomic E-state index is 0. The van der Waals surface area contributed by atoms with Crippen LogP contribution in [0.4, 0.5) is 0 Å². The molecule has 1 heterocycles. The van der Waals surface area contributed by atoms with Gasteiger partial charge in [-0.25, -0.2) is 0 Å². The largest absolute Gasteiger partial charge is 0.512 e. The molecular formula is C47H54IrNO2-. The van der Waals surface area contributed by atoms with Crippen LogP contribution in [-0.2, 0) is 31.3 Å². The van der Waals surface area contributed by atoms with E-state index in [1.54, 1.807) is 0 Å². The molecule has 1 radical (unpaired) electrons. The molecule has 0 bridgehead atoms. The smallest absolute Gasteiger partial charge is 0.162 e. The van der Waals surface area contributed by atoms with Gasteiger partial charge >= 0.3 is 0 Å². The average Bonchev–Trinajstić information content (AvgIpc) is 3.19. The fraction of sp³-hybridized carbons (Fsp3) is 0.362. The monoisotopic (exact) mass is 857 g/mol. The van der Waals surface area contributed by atoms with Crippen molar-refractivity contribution >= 4 is 16.6 Å². The molecule has 0 unspecified atom stereocenters. The number of hydrogen-bond donors (Lipinski definition) is 1. The Bertz CT molecular complexity index is 2000. The predicted octanol–water partition coefficient (Wildman–Crippen LogP) is 13.1. The summed E-state index contributed by atoms with van der Waals surface area (Å²) < 4.78 is 0. The zero-order valence-electron chi connectivity index (χ0n) is 31.9. The summed E-state index contributed by atoms with van der Waals surface area (Å²) in [4.78, 5) is 16.8. The van der Waals surface area contributed by atoms with Crippen LogP contribution in [0.15, 0.2) is 90.8 Å². The van der Waals surface area contributed by atoms with Crippen molar-refractivity contribution in [3.63, 3.8) is 0 Å². The van der Waals surface area contributed by atoms with E-state index in [2.05, 4.69) is 120 Å². The second kappa shape index (κ2) is 17.1. The third kappa shape index (κ3) is 8.97. The zero-order chi connectivity index (χ0) is 36.2. The summed E-state index contributed by atoms with van der Waals surface area (Å²) in [5, 5.41) is 12.2. The van der Waals surface area contributed by atoms with Crippen LogP contribution in [0, 0.1) is 37.2 Å². The number of allylic oxidation sites excluding steroid dienone is 2. The van der Waals surface area contributed by atoms with Gasteiger partial charge in [-0.05, 0) is 87.4 Å². The van der Waals surface area contributed by atoms with Gasteiger partial charge in [0.15, 0.2) is 5.78 Å². The number of pyridine rings is 1. The van der Waals surface area contributed by atoms with Crippen molar-refractivity contribution in [1.29, 1.82) is 0 Å². The number of carbonyl (C=O) groups excluding carboxylic acids is 1. The first-order chi connectivity index (χ1) is 23.9. The van der Waals surface area contributed by atoms with Crippen molar-refractivity contribution in [2.24, 2.45) is 17.3 Å². The van der Waals surface area contributed by atoms with E-state index in [9.17, 15) is 9.90 Å². The Morgan fingerprint density at radius 2 is 1.37 bits per heavy atom. The minimum atomic E-state index is 0. The number of aliphatic hydroxyl groups excluding tert-OH is 1. The van der Waals surface area contributed by atoms with E-state index in [-0.39, 0.29) is 48.9 Å². The van der Waals surface area contributed by atoms with E-state index in [4.69, 9.17) is 4.98 Å². The topological polar surface area (TPSA) is 50.2 Å². The first-order valence-electron chi connectivity index (χ1n) is 18.5. The van der Waals surface area contributed by atoms with Crippen LogP contribution in [0.25, 0.3) is 55.4 Å². The van der Waals surface area contributed by atoms with E-state index in [1.807, 2.05) is 27.7 Å². The number of aryl methyl sites for hydroxylation is 2. The number of benzene rings is 4. The predicted molar refractivity (Wildman–Crippen MR) is 212 cm³/mol. The number of aliphatic hydroxyl groups is 1. The molecule has 0 atom stereocenters. The maximum absolute atomic E-state index is 11.7. The van der Waals surface area contributed by atoms with Gasteiger partial charge in [0.25, 0.3) is 0 Å². The molecule has 0 aliphatic heterocycles. The second-order valence-corrected chi connectivity index (χ2v) is 15.2. The normalized spacial score (nSPS) is 12.1. The van der Waals surface area contributed by atoms with Crippen molar-refractivity contribution in [1.82, 2.24) is 4.98 Å². The van der Waals surface area contributed by atoms with E-state index in [0.29, 0.717) is 0 Å². The van der Waals surface area contributed by atoms with Crippen molar-refractivity contribution in [2.75, 3.05) is 0 Å². The Kier molecular flexibility index (Phi) is 13.4. The first-order valence-corrected chi connectivity index (χ1v) is 18.5. The summed E-state index contributed by atoms with van der Waals surface area (Å²) >= 11 is 0. The molecule has 0 amide bonds. The molecule has 1 aromatic heterocycles. The number of carbonyl (C=O) groups is 1. The van der Waals surface area contributed by atoms with Crippen LogP contribution < -0.4 is 0 Å². The van der Waals surface area contributed by atoms with E-state index < -0.39 is 0 Å². The third-order valence-electron chi connectivity index (χ3n) is 10.0. The van der Waals surface area contributed by atoms with Crippen LogP contribution >= 0.6 is 0 Å². The molecule has 1 aliphatic carbocycles. The van der Waals surface area contributed by atoms with Gasteiger partial charge in [-0.2, -0.15) is 0 Å². The third-order valence-corrected chi connectivity index (χ3v) is 10.0.